The summed E-state index contributed by atoms with van der Waals surface area (Å²) in [6, 6.07) is 5.69. The molecule has 0 unspecified atom stereocenters. The van der Waals surface area contributed by atoms with Gasteiger partial charge in [0, 0.05) is 43.9 Å². The normalized spacial score (nSPS) is 16.9. The van der Waals surface area contributed by atoms with E-state index in [1.165, 1.54) is 18.2 Å². The number of β-amino-alcohol motifs (C(OH)–C–C–N with tert-alkyl or cyclic N) is 1. The summed E-state index contributed by atoms with van der Waals surface area (Å²) < 4.78 is 25.7. The highest BCUT2D eigenvalue weighted by Gasteiger charge is 2.29. The highest BCUT2D eigenvalue weighted by molar-refractivity contribution is 5.94. The number of aliphatic hydroxyl groups is 1. The van der Waals surface area contributed by atoms with Gasteiger partial charge in [-0.2, -0.15) is 0 Å². The highest BCUT2D eigenvalue weighted by atomic mass is 19.3. The third-order valence-corrected chi connectivity index (χ3v) is 4.55. The van der Waals surface area contributed by atoms with Crippen LogP contribution in [0.5, 0.6) is 0 Å². The van der Waals surface area contributed by atoms with Crippen LogP contribution in [0, 0.1) is 0 Å². The van der Waals surface area contributed by atoms with Gasteiger partial charge in [-0.05, 0) is 18.6 Å². The van der Waals surface area contributed by atoms with Gasteiger partial charge in [0.05, 0.1) is 6.10 Å². The van der Waals surface area contributed by atoms with E-state index in [9.17, 15) is 18.7 Å². The van der Waals surface area contributed by atoms with Crippen molar-refractivity contribution in [1.82, 2.24) is 9.80 Å². The average molecular weight is 340 g/mol. The number of hydrogen-bond donors (Lipinski definition) is 1. The minimum absolute atomic E-state index is 0.0140. The number of unbranched alkanes of at least 4 members (excludes halogenated alkanes) is 1. The number of hydrogen-bond acceptors (Lipinski definition) is 3. The first-order chi connectivity index (χ1) is 11.4. The number of carbonyl (C=O) groups excluding carboxylic acids is 1. The quantitative estimate of drug-likeness (QED) is 0.791. The molecular weight excluding hydrogens is 314 g/mol. The molecule has 1 fully saturated rings. The Balaban J connectivity index is 2.07. The molecule has 1 saturated heterocycles. The summed E-state index contributed by atoms with van der Waals surface area (Å²) in [7, 11) is 1.73. The van der Waals surface area contributed by atoms with Gasteiger partial charge >= 0.3 is 0 Å². The third kappa shape index (κ3) is 4.74. The van der Waals surface area contributed by atoms with Gasteiger partial charge in [0.25, 0.3) is 12.3 Å². The van der Waals surface area contributed by atoms with Crippen molar-refractivity contribution < 1.29 is 18.7 Å². The van der Waals surface area contributed by atoms with Gasteiger partial charge in [-0.3, -0.25) is 9.69 Å². The number of benzene rings is 1. The molecule has 1 N–H and O–H groups in total. The molecule has 0 radical (unpaired) electrons. The Morgan fingerprint density at radius 3 is 2.71 bits per heavy atom. The van der Waals surface area contributed by atoms with Crippen molar-refractivity contribution in [1.29, 1.82) is 0 Å². The lowest BCUT2D eigenvalue weighted by atomic mass is 10.0. The second-order valence-electron chi connectivity index (χ2n) is 6.51. The lowest BCUT2D eigenvalue weighted by Crippen LogP contribution is -2.55. The molecule has 24 heavy (non-hydrogen) atoms. The standard InChI is InChI=1S/C18H26F2N2O2/c1-3-4-8-15(10-22-11-16(23)12-22)21(2)18(24)14-7-5-6-13(9-14)17(19)20/h5-7,9,15-17,23H,3-4,8,10-12H2,1-2H3/t15-/m0/s1. The van der Waals surface area contributed by atoms with Crippen LogP contribution in [-0.4, -0.2) is 59.6 Å². The number of nitrogens with zero attached hydrogens (tertiary/aromatic N) is 2. The fourth-order valence-electron chi connectivity index (χ4n) is 3.01. The molecule has 1 atom stereocenters. The molecule has 0 aromatic heterocycles. The Labute approximate surface area is 142 Å². The maximum Gasteiger partial charge on any atom is 0.263 e. The Morgan fingerprint density at radius 2 is 2.12 bits per heavy atom. The summed E-state index contributed by atoms with van der Waals surface area (Å²) in [5, 5.41) is 9.42. The first-order valence-corrected chi connectivity index (χ1v) is 8.48. The van der Waals surface area contributed by atoms with Crippen LogP contribution in [0.3, 0.4) is 0 Å². The fourth-order valence-corrected chi connectivity index (χ4v) is 3.01. The topological polar surface area (TPSA) is 43.8 Å². The van der Waals surface area contributed by atoms with Crippen LogP contribution >= 0.6 is 0 Å². The molecule has 1 aromatic rings. The van der Waals surface area contributed by atoms with E-state index in [2.05, 4.69) is 11.8 Å². The number of rotatable bonds is 8. The summed E-state index contributed by atoms with van der Waals surface area (Å²) >= 11 is 0. The largest absolute Gasteiger partial charge is 0.390 e. The molecule has 1 heterocycles. The highest BCUT2D eigenvalue weighted by Crippen LogP contribution is 2.21. The molecule has 1 aliphatic rings. The van der Waals surface area contributed by atoms with E-state index in [1.54, 1.807) is 18.0 Å². The third-order valence-electron chi connectivity index (χ3n) is 4.55. The van der Waals surface area contributed by atoms with E-state index in [0.717, 1.165) is 19.3 Å². The van der Waals surface area contributed by atoms with E-state index < -0.39 is 6.43 Å². The zero-order valence-corrected chi connectivity index (χ0v) is 14.3. The van der Waals surface area contributed by atoms with Gasteiger partial charge in [0.2, 0.25) is 0 Å². The first-order valence-electron chi connectivity index (χ1n) is 8.48. The summed E-state index contributed by atoms with van der Waals surface area (Å²) in [5.41, 5.74) is 0.158. The molecule has 0 spiro atoms. The van der Waals surface area contributed by atoms with E-state index in [4.69, 9.17) is 0 Å². The molecule has 4 nitrogen and oxygen atoms in total. The average Bonchev–Trinajstić information content (AvgIpc) is 2.55. The fraction of sp³-hybridized carbons (Fsp3) is 0.611. The van der Waals surface area contributed by atoms with Gasteiger partial charge < -0.3 is 10.0 Å². The van der Waals surface area contributed by atoms with Gasteiger partial charge in [0.1, 0.15) is 0 Å². The van der Waals surface area contributed by atoms with Crippen LogP contribution in [0.15, 0.2) is 24.3 Å². The minimum Gasteiger partial charge on any atom is -0.390 e. The number of amides is 1. The van der Waals surface area contributed by atoms with Gasteiger partial charge in [-0.15, -0.1) is 0 Å². The van der Waals surface area contributed by atoms with Crippen LogP contribution in [0.1, 0.15) is 48.5 Å². The van der Waals surface area contributed by atoms with Crippen molar-refractivity contribution in [3.63, 3.8) is 0 Å². The second kappa shape index (κ2) is 8.53. The predicted octanol–water partition coefficient (Wildman–Crippen LogP) is 2.93. The molecule has 1 aliphatic heterocycles. The molecule has 0 aliphatic carbocycles. The number of likely N-dealkylation sites (N-methyl/N-ethyl adjacent to an activating group) is 1. The monoisotopic (exact) mass is 340 g/mol. The predicted molar refractivity (Wildman–Crippen MR) is 89.3 cm³/mol. The number of halogens is 2. The Bertz CT molecular complexity index is 548. The molecule has 134 valence electrons. The zero-order valence-electron chi connectivity index (χ0n) is 14.3. The summed E-state index contributed by atoms with van der Waals surface area (Å²) in [4.78, 5) is 16.5. The van der Waals surface area contributed by atoms with Gasteiger partial charge in [-0.1, -0.05) is 31.9 Å². The van der Waals surface area contributed by atoms with Gasteiger partial charge in [0.15, 0.2) is 0 Å². The van der Waals surface area contributed by atoms with E-state index >= 15 is 0 Å². The number of alkyl halides is 2. The SMILES string of the molecule is CCCC[C@@H](CN1CC(O)C1)N(C)C(=O)c1cccc(C(F)F)c1. The maximum atomic E-state index is 12.8. The summed E-state index contributed by atoms with van der Waals surface area (Å²) in [6.07, 6.45) is 0.0274. The van der Waals surface area contributed by atoms with Crippen molar-refractivity contribution in [3.8, 4) is 0 Å². The maximum absolute atomic E-state index is 12.8. The molecule has 2 rings (SSSR count). The molecule has 6 heteroatoms. The van der Waals surface area contributed by atoms with Crippen molar-refractivity contribution in [2.45, 2.75) is 44.8 Å². The van der Waals surface area contributed by atoms with E-state index in [-0.39, 0.29) is 23.6 Å². The summed E-state index contributed by atoms with van der Waals surface area (Å²) in [6.45, 7) is 4.06. The summed E-state index contributed by atoms with van der Waals surface area (Å²) in [5.74, 6) is -0.236. The smallest absolute Gasteiger partial charge is 0.263 e. The molecule has 0 bridgehead atoms. The van der Waals surface area contributed by atoms with Crippen LogP contribution in [0.2, 0.25) is 0 Å². The van der Waals surface area contributed by atoms with E-state index in [1.807, 2.05) is 0 Å². The Kier molecular flexibility index (Phi) is 6.69. The Morgan fingerprint density at radius 1 is 1.42 bits per heavy atom. The van der Waals surface area contributed by atoms with Crippen molar-refractivity contribution in [3.05, 3.63) is 35.4 Å². The van der Waals surface area contributed by atoms with Crippen LogP contribution in [-0.2, 0) is 0 Å². The molecule has 1 aromatic carbocycles. The van der Waals surface area contributed by atoms with Crippen molar-refractivity contribution in [2.24, 2.45) is 0 Å². The minimum atomic E-state index is -2.58. The molecule has 0 saturated carbocycles. The first kappa shape index (κ1) is 18.8. The van der Waals surface area contributed by atoms with Crippen LogP contribution < -0.4 is 0 Å². The lowest BCUT2D eigenvalue weighted by molar-refractivity contribution is -0.0114. The second-order valence-corrected chi connectivity index (χ2v) is 6.51. The van der Waals surface area contributed by atoms with E-state index in [0.29, 0.717) is 25.2 Å². The lowest BCUT2D eigenvalue weighted by Gasteiger charge is -2.40. The molecular formula is C18H26F2N2O2. The van der Waals surface area contributed by atoms with Crippen molar-refractivity contribution in [2.75, 3.05) is 26.7 Å². The molecule has 1 amide bonds. The zero-order chi connectivity index (χ0) is 17.7. The number of likely N-dealkylation sites (tertiary alicyclic amines) is 1. The number of carbonyl (C=O) groups is 1. The number of aliphatic hydroxyl groups excluding tert-OH is 1. The van der Waals surface area contributed by atoms with Crippen LogP contribution in [0.4, 0.5) is 8.78 Å². The van der Waals surface area contributed by atoms with Crippen LogP contribution in [0.25, 0.3) is 0 Å². The van der Waals surface area contributed by atoms with Crippen molar-refractivity contribution >= 4 is 5.91 Å². The van der Waals surface area contributed by atoms with Gasteiger partial charge in [-0.25, -0.2) is 8.78 Å². The Hall–Kier alpha value is -1.53.